The maximum Gasteiger partial charge on any atom is 0.303 e. The Kier molecular flexibility index (Phi) is 4.18. The molecule has 2 saturated heterocycles. The van der Waals surface area contributed by atoms with E-state index >= 15 is 0 Å². The molecule has 1 atom stereocenters. The van der Waals surface area contributed by atoms with Crippen molar-refractivity contribution in [3.05, 3.63) is 0 Å². The molecule has 1 N–H and O–H groups in total. The van der Waals surface area contributed by atoms with Gasteiger partial charge in [0.1, 0.15) is 0 Å². The lowest BCUT2D eigenvalue weighted by atomic mass is 9.92. The lowest BCUT2D eigenvalue weighted by molar-refractivity contribution is -0.138. The van der Waals surface area contributed by atoms with E-state index in [0.717, 1.165) is 39.1 Å². The monoisotopic (exact) mass is 227 g/mol. The zero-order chi connectivity index (χ0) is 11.4. The maximum absolute atomic E-state index is 10.6. The number of aliphatic carboxylic acids is 1. The zero-order valence-electron chi connectivity index (χ0n) is 9.73. The number of carbonyl (C=O) groups is 1. The first-order valence-electron chi connectivity index (χ1n) is 6.29. The molecule has 92 valence electrons. The summed E-state index contributed by atoms with van der Waals surface area (Å²) in [4.78, 5) is 13.1. The number of likely N-dealkylation sites (tertiary alicyclic amines) is 1. The van der Waals surface area contributed by atoms with Gasteiger partial charge in [0.25, 0.3) is 0 Å². The van der Waals surface area contributed by atoms with Gasteiger partial charge in [0, 0.05) is 19.1 Å². The summed E-state index contributed by atoms with van der Waals surface area (Å²) >= 11 is 0. The molecule has 0 saturated carbocycles. The Labute approximate surface area is 96.6 Å². The average Bonchev–Trinajstić information content (AvgIpc) is 2.30. The lowest BCUT2D eigenvalue weighted by Gasteiger charge is -2.38. The fraction of sp³-hybridized carbons (Fsp3) is 0.917. The summed E-state index contributed by atoms with van der Waals surface area (Å²) in [6, 6.07) is 0.583. The van der Waals surface area contributed by atoms with Gasteiger partial charge in [0.15, 0.2) is 0 Å². The van der Waals surface area contributed by atoms with Crippen molar-refractivity contribution in [1.29, 1.82) is 0 Å². The number of hydrogen-bond acceptors (Lipinski definition) is 3. The first-order chi connectivity index (χ1) is 7.75. The molecule has 2 rings (SSSR count). The summed E-state index contributed by atoms with van der Waals surface area (Å²) in [6.07, 6.45) is 4.81. The number of carboxylic acid groups (broad SMARTS) is 1. The van der Waals surface area contributed by atoms with Crippen molar-refractivity contribution in [2.24, 2.45) is 5.92 Å². The first kappa shape index (κ1) is 11.9. The smallest absolute Gasteiger partial charge is 0.303 e. The van der Waals surface area contributed by atoms with Crippen molar-refractivity contribution in [1.82, 2.24) is 4.90 Å². The molecule has 4 heteroatoms. The molecule has 0 aromatic rings. The molecule has 1 unspecified atom stereocenters. The highest BCUT2D eigenvalue weighted by Gasteiger charge is 2.27. The van der Waals surface area contributed by atoms with Crippen molar-refractivity contribution >= 4 is 5.97 Å². The molecule has 16 heavy (non-hydrogen) atoms. The van der Waals surface area contributed by atoms with Gasteiger partial charge in [0.05, 0.1) is 6.61 Å². The third-order valence-electron chi connectivity index (χ3n) is 3.77. The zero-order valence-corrected chi connectivity index (χ0v) is 9.73. The number of ether oxygens (including phenoxy) is 1. The molecule has 4 nitrogen and oxygen atoms in total. The SMILES string of the molecule is O=C(O)CC1CCN(C2CCCOC2)CC1. The molecule has 0 aromatic heterocycles. The van der Waals surface area contributed by atoms with Gasteiger partial charge >= 0.3 is 5.97 Å². The van der Waals surface area contributed by atoms with Gasteiger partial charge in [-0.1, -0.05) is 0 Å². The van der Waals surface area contributed by atoms with Gasteiger partial charge in [-0.25, -0.2) is 0 Å². The van der Waals surface area contributed by atoms with Crippen molar-refractivity contribution in [2.45, 2.75) is 38.1 Å². The van der Waals surface area contributed by atoms with Gasteiger partial charge < -0.3 is 9.84 Å². The van der Waals surface area contributed by atoms with Crippen molar-refractivity contribution in [3.63, 3.8) is 0 Å². The summed E-state index contributed by atoms with van der Waals surface area (Å²) in [7, 11) is 0. The minimum absolute atomic E-state index is 0.342. The van der Waals surface area contributed by atoms with Crippen molar-refractivity contribution in [2.75, 3.05) is 26.3 Å². The van der Waals surface area contributed by atoms with E-state index in [4.69, 9.17) is 9.84 Å². The van der Waals surface area contributed by atoms with Crippen LogP contribution in [-0.4, -0.2) is 48.3 Å². The predicted molar refractivity (Wildman–Crippen MR) is 60.4 cm³/mol. The van der Waals surface area contributed by atoms with Gasteiger partial charge in [-0.2, -0.15) is 0 Å². The first-order valence-corrected chi connectivity index (χ1v) is 6.29. The summed E-state index contributed by atoms with van der Waals surface area (Å²) in [5, 5.41) is 8.75. The van der Waals surface area contributed by atoms with Crippen LogP contribution in [0.1, 0.15) is 32.1 Å². The van der Waals surface area contributed by atoms with Crippen LogP contribution < -0.4 is 0 Å². The van der Waals surface area contributed by atoms with Crippen LogP contribution in [0.5, 0.6) is 0 Å². The van der Waals surface area contributed by atoms with Gasteiger partial charge in [0.2, 0.25) is 0 Å². The topological polar surface area (TPSA) is 49.8 Å². The summed E-state index contributed by atoms with van der Waals surface area (Å²) in [5.41, 5.74) is 0. The molecule has 0 amide bonds. The summed E-state index contributed by atoms with van der Waals surface area (Å²) in [6.45, 7) is 3.87. The fourth-order valence-electron chi connectivity index (χ4n) is 2.78. The van der Waals surface area contributed by atoms with Gasteiger partial charge in [-0.15, -0.1) is 0 Å². The Morgan fingerprint density at radius 2 is 2.06 bits per heavy atom. The van der Waals surface area contributed by atoms with Crippen LogP contribution in [0.15, 0.2) is 0 Å². The van der Waals surface area contributed by atoms with E-state index in [9.17, 15) is 4.79 Å². The molecule has 0 bridgehead atoms. The van der Waals surface area contributed by atoms with E-state index in [0.29, 0.717) is 18.4 Å². The number of piperidine rings is 1. The molecule has 0 aliphatic carbocycles. The highest BCUT2D eigenvalue weighted by atomic mass is 16.5. The molecule has 2 fully saturated rings. The Morgan fingerprint density at radius 1 is 1.31 bits per heavy atom. The van der Waals surface area contributed by atoms with Crippen LogP contribution in [0.3, 0.4) is 0 Å². The number of hydrogen-bond donors (Lipinski definition) is 1. The second kappa shape index (κ2) is 5.64. The Bertz CT molecular complexity index is 230. The van der Waals surface area contributed by atoms with Crippen LogP contribution in [-0.2, 0) is 9.53 Å². The van der Waals surface area contributed by atoms with Gasteiger partial charge in [-0.3, -0.25) is 9.69 Å². The molecule has 0 spiro atoms. The van der Waals surface area contributed by atoms with E-state index < -0.39 is 5.97 Å². The van der Waals surface area contributed by atoms with Crippen LogP contribution in [0.4, 0.5) is 0 Å². The van der Waals surface area contributed by atoms with Crippen LogP contribution in [0, 0.1) is 5.92 Å². The standard InChI is InChI=1S/C12H21NO3/c14-12(15)8-10-3-5-13(6-4-10)11-2-1-7-16-9-11/h10-11H,1-9H2,(H,14,15). The van der Waals surface area contributed by atoms with Crippen LogP contribution >= 0.6 is 0 Å². The second-order valence-corrected chi connectivity index (χ2v) is 4.95. The molecular weight excluding hydrogens is 206 g/mol. The lowest BCUT2D eigenvalue weighted by Crippen LogP contribution is -2.45. The van der Waals surface area contributed by atoms with Crippen LogP contribution in [0.25, 0.3) is 0 Å². The predicted octanol–water partition coefficient (Wildman–Crippen LogP) is 1.35. The second-order valence-electron chi connectivity index (χ2n) is 4.95. The highest BCUT2D eigenvalue weighted by molar-refractivity contribution is 5.67. The molecule has 0 radical (unpaired) electrons. The van der Waals surface area contributed by atoms with Gasteiger partial charge in [-0.05, 0) is 44.7 Å². The van der Waals surface area contributed by atoms with E-state index in [-0.39, 0.29) is 0 Å². The fourth-order valence-corrected chi connectivity index (χ4v) is 2.78. The molecule has 0 aromatic carbocycles. The molecule has 2 aliphatic rings. The average molecular weight is 227 g/mol. The molecule has 2 aliphatic heterocycles. The Hall–Kier alpha value is -0.610. The molecule has 2 heterocycles. The third-order valence-corrected chi connectivity index (χ3v) is 3.77. The maximum atomic E-state index is 10.6. The summed E-state index contributed by atoms with van der Waals surface area (Å²) < 4.78 is 5.49. The highest BCUT2D eigenvalue weighted by Crippen LogP contribution is 2.24. The largest absolute Gasteiger partial charge is 0.481 e. The number of rotatable bonds is 3. The van der Waals surface area contributed by atoms with Crippen LogP contribution in [0.2, 0.25) is 0 Å². The minimum Gasteiger partial charge on any atom is -0.481 e. The number of carboxylic acids is 1. The Balaban J connectivity index is 1.73. The van der Waals surface area contributed by atoms with Crippen molar-refractivity contribution in [3.8, 4) is 0 Å². The normalized spacial score (nSPS) is 29.1. The van der Waals surface area contributed by atoms with E-state index in [1.807, 2.05) is 0 Å². The number of nitrogens with zero attached hydrogens (tertiary/aromatic N) is 1. The molecular formula is C12H21NO3. The Morgan fingerprint density at radius 3 is 2.62 bits per heavy atom. The van der Waals surface area contributed by atoms with E-state index in [1.165, 1.54) is 12.8 Å². The summed E-state index contributed by atoms with van der Waals surface area (Å²) in [5.74, 6) is -0.266. The quantitative estimate of drug-likeness (QED) is 0.790. The third kappa shape index (κ3) is 3.19. The van der Waals surface area contributed by atoms with E-state index in [1.54, 1.807) is 0 Å². The van der Waals surface area contributed by atoms with E-state index in [2.05, 4.69) is 4.90 Å². The van der Waals surface area contributed by atoms with Crippen molar-refractivity contribution < 1.29 is 14.6 Å². The minimum atomic E-state index is -0.653.